The van der Waals surface area contributed by atoms with Gasteiger partial charge >= 0.3 is 6.03 Å². The fourth-order valence-corrected chi connectivity index (χ4v) is 4.25. The van der Waals surface area contributed by atoms with Crippen LogP contribution in [0.2, 0.25) is 5.02 Å². The number of anilines is 1. The number of benzene rings is 2. The lowest BCUT2D eigenvalue weighted by molar-refractivity contribution is -0.124. The SMILES string of the molecule is CN1C(=O)NC(=O)C2C1n1c(-c3ccc(Cl)cc3)nnc1N2CCc1ccccc1. The first-order valence-corrected chi connectivity index (χ1v) is 10.0. The first-order valence-electron chi connectivity index (χ1n) is 9.63. The minimum absolute atomic E-state index is 0.330. The smallest absolute Gasteiger partial charge is 0.325 e. The van der Waals surface area contributed by atoms with Gasteiger partial charge in [-0.15, -0.1) is 10.2 Å². The molecule has 0 saturated carbocycles. The van der Waals surface area contributed by atoms with Gasteiger partial charge in [-0.1, -0.05) is 41.9 Å². The number of likely N-dealkylation sites (N-methyl/N-ethyl adjacent to an activating group) is 1. The molecule has 9 heteroatoms. The molecular weight excluding hydrogens is 404 g/mol. The van der Waals surface area contributed by atoms with Crippen LogP contribution in [0.15, 0.2) is 54.6 Å². The van der Waals surface area contributed by atoms with Crippen LogP contribution >= 0.6 is 11.6 Å². The van der Waals surface area contributed by atoms with E-state index in [2.05, 4.69) is 15.5 Å². The third kappa shape index (κ3) is 2.91. The number of hydrogen-bond donors (Lipinski definition) is 1. The lowest BCUT2D eigenvalue weighted by Crippen LogP contribution is -2.61. The highest BCUT2D eigenvalue weighted by Crippen LogP contribution is 2.40. The number of urea groups is 1. The Hall–Kier alpha value is -3.39. The van der Waals surface area contributed by atoms with Crippen molar-refractivity contribution in [3.8, 4) is 11.4 Å². The monoisotopic (exact) mass is 422 g/mol. The van der Waals surface area contributed by atoms with Gasteiger partial charge in [-0.2, -0.15) is 0 Å². The van der Waals surface area contributed by atoms with Gasteiger partial charge in [-0.05, 0) is 36.2 Å². The Kier molecular flexibility index (Phi) is 4.43. The van der Waals surface area contributed by atoms with Gasteiger partial charge in [0.2, 0.25) is 5.95 Å². The maximum absolute atomic E-state index is 12.8. The second kappa shape index (κ2) is 7.14. The highest BCUT2D eigenvalue weighted by Gasteiger charge is 2.52. The van der Waals surface area contributed by atoms with E-state index in [1.165, 1.54) is 4.90 Å². The molecule has 152 valence electrons. The number of carbonyl (C=O) groups is 2. The van der Waals surface area contributed by atoms with Gasteiger partial charge in [-0.3, -0.25) is 14.7 Å². The van der Waals surface area contributed by atoms with Crippen molar-refractivity contribution in [3.05, 3.63) is 65.2 Å². The fourth-order valence-electron chi connectivity index (χ4n) is 4.13. The zero-order chi connectivity index (χ0) is 20.8. The van der Waals surface area contributed by atoms with Crippen molar-refractivity contribution in [2.24, 2.45) is 0 Å². The minimum atomic E-state index is -0.576. The molecule has 1 aromatic heterocycles. The number of fused-ring (bicyclic) bond motifs is 3. The molecular formula is C21H19ClN6O2. The third-order valence-corrected chi connectivity index (χ3v) is 5.87. The van der Waals surface area contributed by atoms with E-state index in [1.807, 2.05) is 51.9 Å². The third-order valence-electron chi connectivity index (χ3n) is 5.62. The number of rotatable bonds is 4. The van der Waals surface area contributed by atoms with Crippen LogP contribution < -0.4 is 10.2 Å². The summed E-state index contributed by atoms with van der Waals surface area (Å²) in [5.41, 5.74) is 1.97. The maximum atomic E-state index is 12.8. The molecule has 1 N–H and O–H groups in total. The molecule has 3 aromatic rings. The molecule has 2 aliphatic rings. The average molecular weight is 423 g/mol. The Morgan fingerprint density at radius 3 is 2.50 bits per heavy atom. The second-order valence-corrected chi connectivity index (χ2v) is 7.83. The van der Waals surface area contributed by atoms with E-state index in [4.69, 9.17) is 11.6 Å². The molecule has 0 radical (unpaired) electrons. The molecule has 2 aromatic carbocycles. The molecule has 0 spiro atoms. The molecule has 3 heterocycles. The standard InChI is InChI=1S/C21H19ClN6O2/c1-26-19-16(18(29)23-21(26)30)27(12-11-13-5-3-2-4-6-13)20-25-24-17(28(19)20)14-7-9-15(22)10-8-14/h2-10,16,19H,11-12H2,1H3,(H,23,29,30). The Morgan fingerprint density at radius 1 is 1.03 bits per heavy atom. The Labute approximate surface area is 178 Å². The van der Waals surface area contributed by atoms with Crippen LogP contribution in [0.3, 0.4) is 0 Å². The number of hydrogen-bond acceptors (Lipinski definition) is 5. The molecule has 3 amide bonds. The topological polar surface area (TPSA) is 83.4 Å². The molecule has 2 unspecified atom stereocenters. The van der Waals surface area contributed by atoms with Crippen molar-refractivity contribution in [1.29, 1.82) is 0 Å². The number of halogens is 1. The molecule has 2 aliphatic heterocycles. The fraction of sp³-hybridized carbons (Fsp3) is 0.238. The van der Waals surface area contributed by atoms with Crippen molar-refractivity contribution in [2.45, 2.75) is 18.6 Å². The van der Waals surface area contributed by atoms with E-state index < -0.39 is 18.2 Å². The summed E-state index contributed by atoms with van der Waals surface area (Å²) in [6.45, 7) is 0.569. The van der Waals surface area contributed by atoms with E-state index >= 15 is 0 Å². The van der Waals surface area contributed by atoms with Gasteiger partial charge in [0.25, 0.3) is 5.91 Å². The summed E-state index contributed by atoms with van der Waals surface area (Å²) in [6, 6.07) is 16.3. The lowest BCUT2D eigenvalue weighted by atomic mass is 10.1. The summed E-state index contributed by atoms with van der Waals surface area (Å²) in [5.74, 6) is 0.833. The zero-order valence-corrected chi connectivity index (χ0v) is 17.0. The summed E-state index contributed by atoms with van der Waals surface area (Å²) < 4.78 is 1.87. The Balaban J connectivity index is 1.57. The van der Waals surface area contributed by atoms with Crippen LogP contribution in [0.1, 0.15) is 11.7 Å². The quantitative estimate of drug-likeness (QED) is 0.699. The number of aromatic nitrogens is 3. The van der Waals surface area contributed by atoms with Crippen LogP contribution in [-0.2, 0) is 11.2 Å². The van der Waals surface area contributed by atoms with Crippen LogP contribution in [0.5, 0.6) is 0 Å². The van der Waals surface area contributed by atoms with Gasteiger partial charge < -0.3 is 9.80 Å². The van der Waals surface area contributed by atoms with Crippen molar-refractivity contribution in [1.82, 2.24) is 25.0 Å². The predicted octanol–water partition coefficient (Wildman–Crippen LogP) is 2.71. The highest BCUT2D eigenvalue weighted by atomic mass is 35.5. The van der Waals surface area contributed by atoms with Crippen molar-refractivity contribution < 1.29 is 9.59 Å². The van der Waals surface area contributed by atoms with Crippen molar-refractivity contribution >= 4 is 29.5 Å². The maximum Gasteiger partial charge on any atom is 0.325 e. The molecule has 8 nitrogen and oxygen atoms in total. The number of amides is 3. The number of imide groups is 1. The zero-order valence-electron chi connectivity index (χ0n) is 16.2. The van der Waals surface area contributed by atoms with Crippen LogP contribution in [0.4, 0.5) is 10.7 Å². The van der Waals surface area contributed by atoms with E-state index in [0.717, 1.165) is 17.5 Å². The molecule has 0 aliphatic carbocycles. The molecule has 0 bridgehead atoms. The van der Waals surface area contributed by atoms with Crippen LogP contribution in [0.25, 0.3) is 11.4 Å². The van der Waals surface area contributed by atoms with Gasteiger partial charge in [0.1, 0.15) is 6.17 Å². The molecule has 30 heavy (non-hydrogen) atoms. The van der Waals surface area contributed by atoms with Gasteiger partial charge in [0.15, 0.2) is 11.9 Å². The second-order valence-electron chi connectivity index (χ2n) is 7.39. The van der Waals surface area contributed by atoms with Gasteiger partial charge in [-0.25, -0.2) is 4.79 Å². The number of nitrogens with one attached hydrogen (secondary N) is 1. The summed E-state index contributed by atoms with van der Waals surface area (Å²) in [7, 11) is 1.68. The molecule has 5 rings (SSSR count). The number of carbonyl (C=O) groups excluding carboxylic acids is 2. The lowest BCUT2D eigenvalue weighted by Gasteiger charge is -2.37. The Morgan fingerprint density at radius 2 is 1.77 bits per heavy atom. The summed E-state index contributed by atoms with van der Waals surface area (Å²) in [4.78, 5) is 28.7. The molecule has 2 atom stereocenters. The van der Waals surface area contributed by atoms with E-state index in [9.17, 15) is 9.59 Å². The van der Waals surface area contributed by atoms with Crippen LogP contribution in [-0.4, -0.2) is 51.2 Å². The first-order chi connectivity index (χ1) is 14.5. The minimum Gasteiger partial charge on any atom is -0.325 e. The summed E-state index contributed by atoms with van der Waals surface area (Å²) >= 11 is 6.03. The largest absolute Gasteiger partial charge is 0.325 e. The van der Waals surface area contributed by atoms with Crippen molar-refractivity contribution in [2.75, 3.05) is 18.5 Å². The molecule has 1 fully saturated rings. The Bertz CT molecular complexity index is 1110. The first kappa shape index (κ1) is 18.6. The van der Waals surface area contributed by atoms with Gasteiger partial charge in [0.05, 0.1) is 0 Å². The summed E-state index contributed by atoms with van der Waals surface area (Å²) in [5, 5.41) is 11.8. The molecule has 1 saturated heterocycles. The van der Waals surface area contributed by atoms with E-state index in [-0.39, 0.29) is 5.91 Å². The number of nitrogens with zero attached hydrogens (tertiary/aromatic N) is 5. The van der Waals surface area contributed by atoms with Crippen molar-refractivity contribution in [3.63, 3.8) is 0 Å². The predicted molar refractivity (Wildman–Crippen MR) is 112 cm³/mol. The van der Waals surface area contributed by atoms with E-state index in [0.29, 0.717) is 23.3 Å². The highest BCUT2D eigenvalue weighted by molar-refractivity contribution is 6.30. The average Bonchev–Trinajstić information content (AvgIpc) is 3.31. The van der Waals surface area contributed by atoms with E-state index in [1.54, 1.807) is 19.2 Å². The van der Waals surface area contributed by atoms with Gasteiger partial charge in [0, 0.05) is 24.2 Å². The normalized spacial score (nSPS) is 20.2. The summed E-state index contributed by atoms with van der Waals surface area (Å²) in [6.07, 6.45) is 0.204. The van der Waals surface area contributed by atoms with Crippen LogP contribution in [0, 0.1) is 0 Å².